The highest BCUT2D eigenvalue weighted by molar-refractivity contribution is 5.85. The number of hydrogen-bond acceptors (Lipinski definition) is 3. The Morgan fingerprint density at radius 2 is 1.93 bits per heavy atom. The lowest BCUT2D eigenvalue weighted by atomic mass is 9.73. The van der Waals surface area contributed by atoms with Crippen LogP contribution in [0.3, 0.4) is 0 Å². The molecule has 1 aromatic rings. The van der Waals surface area contributed by atoms with Crippen LogP contribution >= 0.6 is 12.4 Å². The molecule has 1 amide bonds. The average Bonchev–Trinajstić information content (AvgIpc) is 3.00. The number of hydrogen-bond donors (Lipinski definition) is 2. The van der Waals surface area contributed by atoms with Gasteiger partial charge >= 0.3 is 6.18 Å². The van der Waals surface area contributed by atoms with Crippen LogP contribution < -0.4 is 10.6 Å². The maximum absolute atomic E-state index is 13.3. The largest absolute Gasteiger partial charge is 0.416 e. The van der Waals surface area contributed by atoms with Crippen LogP contribution in [0.25, 0.3) is 0 Å². The topological polar surface area (TPSA) is 50.4 Å². The summed E-state index contributed by atoms with van der Waals surface area (Å²) in [7, 11) is 0. The van der Waals surface area contributed by atoms with Gasteiger partial charge in [-0.25, -0.2) is 8.78 Å². The number of amides is 1. The summed E-state index contributed by atoms with van der Waals surface area (Å²) in [5, 5.41) is 5.14. The van der Waals surface area contributed by atoms with Gasteiger partial charge in [-0.15, -0.1) is 12.4 Å². The number of ether oxygens (including phenoxy) is 1. The molecular formula is C18H22ClF5N2O2. The van der Waals surface area contributed by atoms with Gasteiger partial charge in [0.25, 0.3) is 5.92 Å². The fourth-order valence-corrected chi connectivity index (χ4v) is 3.64. The summed E-state index contributed by atoms with van der Waals surface area (Å²) in [5.41, 5.74) is -1.02. The van der Waals surface area contributed by atoms with E-state index in [-0.39, 0.29) is 19.0 Å². The van der Waals surface area contributed by atoms with E-state index in [1.54, 1.807) is 6.07 Å². The summed E-state index contributed by atoms with van der Waals surface area (Å²) in [4.78, 5) is 12.3. The van der Waals surface area contributed by atoms with Crippen LogP contribution in [0.15, 0.2) is 24.3 Å². The van der Waals surface area contributed by atoms with Crippen molar-refractivity contribution in [1.29, 1.82) is 0 Å². The molecule has 1 unspecified atom stereocenters. The van der Waals surface area contributed by atoms with Crippen molar-refractivity contribution in [2.75, 3.05) is 26.3 Å². The van der Waals surface area contributed by atoms with Crippen molar-refractivity contribution in [3.8, 4) is 0 Å². The molecular weight excluding hydrogens is 407 g/mol. The first-order valence-electron chi connectivity index (χ1n) is 8.76. The van der Waals surface area contributed by atoms with Crippen LogP contribution in [0.1, 0.15) is 30.4 Å². The van der Waals surface area contributed by atoms with E-state index in [4.69, 9.17) is 4.74 Å². The Balaban J connectivity index is 0.00000280. The van der Waals surface area contributed by atoms with Crippen molar-refractivity contribution in [1.82, 2.24) is 10.6 Å². The van der Waals surface area contributed by atoms with Gasteiger partial charge in [0, 0.05) is 31.6 Å². The second-order valence-corrected chi connectivity index (χ2v) is 7.18. The molecule has 0 spiro atoms. The van der Waals surface area contributed by atoms with Gasteiger partial charge in [-0.2, -0.15) is 13.2 Å². The fourth-order valence-electron chi connectivity index (χ4n) is 3.64. The Hall–Kier alpha value is -1.45. The van der Waals surface area contributed by atoms with Crippen molar-refractivity contribution in [2.24, 2.45) is 0 Å². The molecule has 4 nitrogen and oxygen atoms in total. The summed E-state index contributed by atoms with van der Waals surface area (Å²) in [6.45, 7) is 0.218. The highest BCUT2D eigenvalue weighted by Crippen LogP contribution is 2.38. The molecule has 1 atom stereocenters. The molecule has 10 heteroatoms. The zero-order valence-corrected chi connectivity index (χ0v) is 15.8. The zero-order chi connectivity index (χ0) is 19.7. The Bertz CT molecular complexity index is 693. The number of alkyl halides is 5. The van der Waals surface area contributed by atoms with Crippen molar-refractivity contribution < 1.29 is 31.5 Å². The lowest BCUT2D eigenvalue weighted by Crippen LogP contribution is -2.48. The number of carbonyl (C=O) groups excluding carboxylic acids is 1. The first-order valence-corrected chi connectivity index (χ1v) is 8.76. The molecule has 0 bridgehead atoms. The summed E-state index contributed by atoms with van der Waals surface area (Å²) in [6.07, 6.45) is -4.19. The van der Waals surface area contributed by atoms with E-state index >= 15 is 0 Å². The summed E-state index contributed by atoms with van der Waals surface area (Å²) >= 11 is 0. The van der Waals surface area contributed by atoms with Gasteiger partial charge in [-0.3, -0.25) is 10.1 Å². The first kappa shape index (κ1) is 22.8. The van der Waals surface area contributed by atoms with Gasteiger partial charge in [0.05, 0.1) is 18.2 Å². The van der Waals surface area contributed by atoms with Crippen molar-refractivity contribution >= 4 is 18.3 Å². The molecule has 0 aliphatic carbocycles. The molecule has 0 aromatic heterocycles. The van der Waals surface area contributed by atoms with E-state index in [2.05, 4.69) is 10.6 Å². The quantitative estimate of drug-likeness (QED) is 0.724. The number of nitrogens with one attached hydrogen (secondary N) is 2. The molecule has 2 aliphatic heterocycles. The summed E-state index contributed by atoms with van der Waals surface area (Å²) < 4.78 is 71.1. The molecule has 0 saturated carbocycles. The molecule has 3 rings (SSSR count). The number of benzene rings is 1. The predicted molar refractivity (Wildman–Crippen MR) is 94.8 cm³/mol. The van der Waals surface area contributed by atoms with Crippen molar-refractivity contribution in [3.05, 3.63) is 35.4 Å². The van der Waals surface area contributed by atoms with Gasteiger partial charge < -0.3 is 10.1 Å². The van der Waals surface area contributed by atoms with E-state index in [1.807, 2.05) is 0 Å². The maximum atomic E-state index is 13.3. The lowest BCUT2D eigenvalue weighted by Gasteiger charge is -2.38. The van der Waals surface area contributed by atoms with Crippen molar-refractivity contribution in [3.63, 3.8) is 0 Å². The fraction of sp³-hybridized carbons (Fsp3) is 0.611. The predicted octanol–water partition coefficient (Wildman–Crippen LogP) is 3.29. The van der Waals surface area contributed by atoms with E-state index in [0.717, 1.165) is 12.1 Å². The molecule has 2 heterocycles. The monoisotopic (exact) mass is 428 g/mol. The van der Waals surface area contributed by atoms with Crippen molar-refractivity contribution in [2.45, 2.75) is 42.8 Å². The molecule has 2 saturated heterocycles. The lowest BCUT2D eigenvalue weighted by molar-refractivity contribution is -0.137. The van der Waals surface area contributed by atoms with E-state index < -0.39 is 48.0 Å². The van der Waals surface area contributed by atoms with Gasteiger partial charge in [0.15, 0.2) is 0 Å². The molecule has 2 aliphatic rings. The molecule has 0 radical (unpaired) electrons. The van der Waals surface area contributed by atoms with E-state index in [0.29, 0.717) is 31.6 Å². The maximum Gasteiger partial charge on any atom is 0.416 e. The van der Waals surface area contributed by atoms with Gasteiger partial charge in [-0.1, -0.05) is 18.2 Å². The smallest absolute Gasteiger partial charge is 0.381 e. The molecule has 2 fully saturated rings. The van der Waals surface area contributed by atoms with Crippen LogP contribution in [-0.4, -0.2) is 44.2 Å². The van der Waals surface area contributed by atoms with Gasteiger partial charge in [0.2, 0.25) is 5.91 Å². The van der Waals surface area contributed by atoms with Crippen LogP contribution in [0, 0.1) is 0 Å². The second kappa shape index (κ2) is 8.51. The minimum Gasteiger partial charge on any atom is -0.381 e. The van der Waals surface area contributed by atoms with E-state index in [9.17, 15) is 26.7 Å². The third kappa shape index (κ3) is 5.12. The summed E-state index contributed by atoms with van der Waals surface area (Å²) in [6, 6.07) is 4.04. The minimum absolute atomic E-state index is 0. The van der Waals surface area contributed by atoms with Crippen LogP contribution in [-0.2, 0) is 21.1 Å². The first-order chi connectivity index (χ1) is 12.6. The second-order valence-electron chi connectivity index (χ2n) is 7.18. The normalized spacial score (nSPS) is 23.7. The highest BCUT2D eigenvalue weighted by atomic mass is 35.5. The third-order valence-corrected chi connectivity index (χ3v) is 5.28. The highest BCUT2D eigenvalue weighted by Gasteiger charge is 2.43. The molecule has 158 valence electrons. The number of carbonyl (C=O) groups is 1. The standard InChI is InChI=1S/C18H21F5N2O2.ClH/c19-17(20)9-14(24-11-17)15(26)25-10-16(4-6-27-7-5-16)12-2-1-3-13(8-12)18(21,22)23;/h1-3,8,14,24H,4-7,9-11H2,(H,25,26);1H. The third-order valence-electron chi connectivity index (χ3n) is 5.28. The van der Waals surface area contributed by atoms with Crippen LogP contribution in [0.4, 0.5) is 22.0 Å². The van der Waals surface area contributed by atoms with Gasteiger partial charge in [0.1, 0.15) is 0 Å². The number of halogens is 6. The molecule has 2 N–H and O–H groups in total. The molecule has 28 heavy (non-hydrogen) atoms. The Morgan fingerprint density at radius 3 is 2.50 bits per heavy atom. The Kier molecular flexibility index (Phi) is 6.94. The summed E-state index contributed by atoms with van der Waals surface area (Å²) in [5.74, 6) is -3.50. The van der Waals surface area contributed by atoms with Crippen LogP contribution in [0.5, 0.6) is 0 Å². The zero-order valence-electron chi connectivity index (χ0n) is 15.0. The Labute approximate surface area is 165 Å². The number of rotatable bonds is 4. The average molecular weight is 429 g/mol. The van der Waals surface area contributed by atoms with Crippen LogP contribution in [0.2, 0.25) is 0 Å². The Morgan fingerprint density at radius 1 is 1.25 bits per heavy atom. The minimum atomic E-state index is -4.47. The SMILES string of the molecule is Cl.O=C(NCC1(c2cccc(C(F)(F)F)c2)CCOCC1)C1CC(F)(F)CN1. The van der Waals surface area contributed by atoms with E-state index in [1.165, 1.54) is 6.07 Å². The van der Waals surface area contributed by atoms with Gasteiger partial charge in [-0.05, 0) is 24.5 Å². The molecule has 1 aromatic carbocycles.